The molecule has 16 heavy (non-hydrogen) atoms. The Morgan fingerprint density at radius 1 is 1.38 bits per heavy atom. The van der Waals surface area contributed by atoms with Gasteiger partial charge in [0.15, 0.2) is 0 Å². The van der Waals surface area contributed by atoms with Gasteiger partial charge < -0.3 is 0 Å². The van der Waals surface area contributed by atoms with E-state index in [1.54, 1.807) is 0 Å². The average molecular weight is 286 g/mol. The molecule has 1 aliphatic carbocycles. The van der Waals surface area contributed by atoms with E-state index in [4.69, 9.17) is 0 Å². The fraction of sp³-hybridized carbons (Fsp3) is 0.538. The molecule has 0 aliphatic heterocycles. The monoisotopic (exact) mass is 285 g/mol. The van der Waals surface area contributed by atoms with Crippen LogP contribution in [0.2, 0.25) is 0 Å². The van der Waals surface area contributed by atoms with Gasteiger partial charge in [0.1, 0.15) is 5.82 Å². The molecule has 0 heterocycles. The van der Waals surface area contributed by atoms with Crippen LogP contribution in [0.25, 0.3) is 0 Å². The molecule has 0 spiro atoms. The van der Waals surface area contributed by atoms with Crippen LogP contribution in [-0.4, -0.2) is 18.0 Å². The average Bonchev–Trinajstić information content (AvgIpc) is 2.75. The van der Waals surface area contributed by atoms with Gasteiger partial charge in [0.25, 0.3) is 0 Å². The van der Waals surface area contributed by atoms with E-state index in [2.05, 4.69) is 27.9 Å². The van der Waals surface area contributed by atoms with Crippen LogP contribution in [0.15, 0.2) is 22.7 Å². The van der Waals surface area contributed by atoms with Crippen molar-refractivity contribution < 1.29 is 4.39 Å². The fourth-order valence-electron chi connectivity index (χ4n) is 2.39. The van der Waals surface area contributed by atoms with Gasteiger partial charge in [-0.3, -0.25) is 4.90 Å². The minimum atomic E-state index is -0.112. The number of nitrogens with zero attached hydrogens (tertiary/aromatic N) is 1. The summed E-state index contributed by atoms with van der Waals surface area (Å²) in [5.41, 5.74) is 0.789. The number of halogens is 2. The summed E-state index contributed by atoms with van der Waals surface area (Å²) < 4.78 is 14.4. The zero-order valence-corrected chi connectivity index (χ0v) is 11.1. The smallest absolute Gasteiger partial charge is 0.128 e. The van der Waals surface area contributed by atoms with Crippen molar-refractivity contribution >= 4 is 15.9 Å². The van der Waals surface area contributed by atoms with Gasteiger partial charge in [-0.05, 0) is 32.0 Å². The van der Waals surface area contributed by atoms with E-state index in [1.807, 2.05) is 12.1 Å². The Morgan fingerprint density at radius 3 is 2.69 bits per heavy atom. The van der Waals surface area contributed by atoms with Gasteiger partial charge in [-0.1, -0.05) is 34.8 Å². The Labute approximate surface area is 105 Å². The molecule has 0 atom stereocenters. The van der Waals surface area contributed by atoms with Crippen molar-refractivity contribution in [1.82, 2.24) is 4.90 Å². The number of rotatable bonds is 3. The largest absolute Gasteiger partial charge is 0.299 e. The Hall–Kier alpha value is -0.410. The minimum absolute atomic E-state index is 0.112. The van der Waals surface area contributed by atoms with Crippen LogP contribution in [0.4, 0.5) is 4.39 Å². The molecule has 3 heteroatoms. The summed E-state index contributed by atoms with van der Waals surface area (Å²) in [5, 5.41) is 0. The Balaban J connectivity index is 2.02. The molecule has 0 unspecified atom stereocenters. The summed E-state index contributed by atoms with van der Waals surface area (Å²) in [4.78, 5) is 2.28. The van der Waals surface area contributed by atoms with Crippen molar-refractivity contribution in [2.24, 2.45) is 0 Å². The second kappa shape index (κ2) is 5.28. The van der Waals surface area contributed by atoms with E-state index in [1.165, 1.54) is 31.7 Å². The maximum Gasteiger partial charge on any atom is 0.128 e. The molecule has 0 amide bonds. The normalized spacial score (nSPS) is 17.2. The minimum Gasteiger partial charge on any atom is -0.299 e. The van der Waals surface area contributed by atoms with Crippen LogP contribution >= 0.6 is 15.9 Å². The molecular weight excluding hydrogens is 269 g/mol. The Bertz CT molecular complexity index is 361. The molecule has 2 rings (SSSR count). The predicted octanol–water partition coefficient (Wildman–Crippen LogP) is 3.96. The van der Waals surface area contributed by atoms with Crippen molar-refractivity contribution in [2.75, 3.05) is 7.05 Å². The fourth-order valence-corrected chi connectivity index (χ4v) is 2.73. The molecule has 0 bridgehead atoms. The van der Waals surface area contributed by atoms with Crippen LogP contribution in [0.3, 0.4) is 0 Å². The first-order valence-corrected chi connectivity index (χ1v) is 6.60. The van der Waals surface area contributed by atoms with E-state index < -0.39 is 0 Å². The van der Waals surface area contributed by atoms with Gasteiger partial charge >= 0.3 is 0 Å². The summed E-state index contributed by atoms with van der Waals surface area (Å²) in [6.45, 7) is 0.712. The van der Waals surface area contributed by atoms with Crippen molar-refractivity contribution in [3.63, 3.8) is 0 Å². The second-order valence-electron chi connectivity index (χ2n) is 4.59. The third kappa shape index (κ3) is 2.83. The molecule has 0 radical (unpaired) electrons. The lowest BCUT2D eigenvalue weighted by Crippen LogP contribution is -2.28. The Kier molecular flexibility index (Phi) is 3.98. The first kappa shape index (κ1) is 12.1. The van der Waals surface area contributed by atoms with Gasteiger partial charge in [-0.25, -0.2) is 4.39 Å². The molecule has 1 saturated carbocycles. The summed E-state index contributed by atoms with van der Waals surface area (Å²) in [7, 11) is 2.09. The SMILES string of the molecule is CN(Cc1ccc(Br)cc1F)C1CCCC1. The highest BCUT2D eigenvalue weighted by Crippen LogP contribution is 2.24. The van der Waals surface area contributed by atoms with E-state index >= 15 is 0 Å². The summed E-state index contributed by atoms with van der Waals surface area (Å²) in [6.07, 6.45) is 5.15. The van der Waals surface area contributed by atoms with Crippen molar-refractivity contribution in [3.8, 4) is 0 Å². The van der Waals surface area contributed by atoms with Gasteiger partial charge in [0, 0.05) is 22.6 Å². The molecule has 0 saturated heterocycles. The highest BCUT2D eigenvalue weighted by molar-refractivity contribution is 9.10. The lowest BCUT2D eigenvalue weighted by molar-refractivity contribution is 0.234. The zero-order chi connectivity index (χ0) is 11.5. The van der Waals surface area contributed by atoms with E-state index in [0.29, 0.717) is 12.6 Å². The lowest BCUT2D eigenvalue weighted by atomic mass is 10.1. The summed E-state index contributed by atoms with van der Waals surface area (Å²) in [5.74, 6) is -0.112. The molecule has 0 aromatic heterocycles. The quantitative estimate of drug-likeness (QED) is 0.813. The van der Waals surface area contributed by atoms with Crippen LogP contribution in [0, 0.1) is 5.82 Å². The van der Waals surface area contributed by atoms with E-state index in [0.717, 1.165) is 10.0 Å². The van der Waals surface area contributed by atoms with Crippen LogP contribution in [-0.2, 0) is 6.54 Å². The number of benzene rings is 1. The molecule has 0 N–H and O–H groups in total. The third-order valence-corrected chi connectivity index (χ3v) is 3.88. The second-order valence-corrected chi connectivity index (χ2v) is 5.50. The highest BCUT2D eigenvalue weighted by atomic mass is 79.9. The third-order valence-electron chi connectivity index (χ3n) is 3.38. The van der Waals surface area contributed by atoms with Crippen LogP contribution in [0.1, 0.15) is 31.2 Å². The predicted molar refractivity (Wildman–Crippen MR) is 67.8 cm³/mol. The van der Waals surface area contributed by atoms with Gasteiger partial charge in [0.05, 0.1) is 0 Å². The molecule has 1 aliphatic rings. The van der Waals surface area contributed by atoms with Gasteiger partial charge in [0.2, 0.25) is 0 Å². The molecular formula is C13H17BrFN. The number of hydrogen-bond acceptors (Lipinski definition) is 1. The maximum absolute atomic E-state index is 13.6. The zero-order valence-electron chi connectivity index (χ0n) is 9.55. The van der Waals surface area contributed by atoms with Crippen molar-refractivity contribution in [2.45, 2.75) is 38.3 Å². The van der Waals surface area contributed by atoms with Crippen LogP contribution < -0.4 is 0 Å². The van der Waals surface area contributed by atoms with Gasteiger partial charge in [-0.2, -0.15) is 0 Å². The first-order valence-electron chi connectivity index (χ1n) is 5.81. The molecule has 88 valence electrons. The molecule has 1 aromatic rings. The van der Waals surface area contributed by atoms with E-state index in [9.17, 15) is 4.39 Å². The maximum atomic E-state index is 13.6. The molecule has 1 nitrogen and oxygen atoms in total. The standard InChI is InChI=1S/C13H17BrFN/c1-16(12-4-2-3-5-12)9-10-6-7-11(14)8-13(10)15/h6-8,12H,2-5,9H2,1H3. The van der Waals surface area contributed by atoms with Crippen molar-refractivity contribution in [1.29, 1.82) is 0 Å². The van der Waals surface area contributed by atoms with Gasteiger partial charge in [-0.15, -0.1) is 0 Å². The Morgan fingerprint density at radius 2 is 2.06 bits per heavy atom. The highest BCUT2D eigenvalue weighted by Gasteiger charge is 2.20. The topological polar surface area (TPSA) is 3.24 Å². The molecule has 1 fully saturated rings. The first-order chi connectivity index (χ1) is 7.66. The van der Waals surface area contributed by atoms with Crippen molar-refractivity contribution in [3.05, 3.63) is 34.1 Å². The lowest BCUT2D eigenvalue weighted by Gasteiger charge is -2.24. The summed E-state index contributed by atoms with van der Waals surface area (Å²) in [6, 6.07) is 5.95. The van der Waals surface area contributed by atoms with Crippen LogP contribution in [0.5, 0.6) is 0 Å². The van der Waals surface area contributed by atoms with E-state index in [-0.39, 0.29) is 5.82 Å². The summed E-state index contributed by atoms with van der Waals surface area (Å²) >= 11 is 3.28. The number of hydrogen-bond donors (Lipinski definition) is 0. The molecule has 1 aromatic carbocycles.